The van der Waals surface area contributed by atoms with E-state index >= 15 is 0 Å². The Morgan fingerprint density at radius 2 is 0.615 bits per heavy atom. The first-order chi connectivity index (χ1) is 6.41. The van der Waals surface area contributed by atoms with Gasteiger partial charge in [-0.15, -0.1) is 17.9 Å². The molecule has 0 spiro atoms. The molecule has 0 aromatic heterocycles. The molecule has 0 rings (SSSR count). The standard InChI is InChI=1S/H15P13/c1-3-5-7-9-11-13-12-10-8-6-4-2/h3-13H,1-2H2. The maximum absolute atomic E-state index is 2.87. The van der Waals surface area contributed by atoms with Gasteiger partial charge in [0.1, 0.15) is 0 Å². The monoisotopic (exact) mass is 418 g/mol. The van der Waals surface area contributed by atoms with Crippen LogP contribution in [0.15, 0.2) is 0 Å². The van der Waals surface area contributed by atoms with E-state index in [0.29, 0.717) is 0 Å². The van der Waals surface area contributed by atoms with Crippen LogP contribution in [0.4, 0.5) is 0 Å². The molecule has 0 amide bonds. The molecule has 13 heteroatoms. The molecular formula is H15P13. The third-order valence-electron chi connectivity index (χ3n) is 0.644. The van der Waals surface area contributed by atoms with Gasteiger partial charge in [0.2, 0.25) is 0 Å². The summed E-state index contributed by atoms with van der Waals surface area (Å²) in [5.41, 5.74) is 0. The number of hydrogen-bond acceptors (Lipinski definition) is 0. The Morgan fingerprint density at radius 1 is 0.385 bits per heavy atom. The highest BCUT2D eigenvalue weighted by atomic mass is 32.9. The molecule has 12 unspecified atom stereocenters. The summed E-state index contributed by atoms with van der Waals surface area (Å²) in [4.78, 5) is 0. The SMILES string of the molecule is PPPPPPPPPPPPP. The largest absolute Gasteiger partial charge is 0.110 e. The summed E-state index contributed by atoms with van der Waals surface area (Å²) in [7, 11) is 19.9. The van der Waals surface area contributed by atoms with E-state index in [1.54, 1.807) is 0 Å². The van der Waals surface area contributed by atoms with Crippen LogP contribution >= 0.6 is 105 Å². The first-order valence-electron chi connectivity index (χ1n) is 3.08. The summed E-state index contributed by atoms with van der Waals surface area (Å²) in [6.07, 6.45) is 0. The molecule has 0 heterocycles. The molecule has 0 aromatic carbocycles. The molecule has 12 atom stereocenters. The van der Waals surface area contributed by atoms with Crippen molar-refractivity contribution in [1.82, 2.24) is 0 Å². The second-order valence-electron chi connectivity index (χ2n) is 1.41. The minimum Gasteiger partial charge on any atom is -0.110 e. The van der Waals surface area contributed by atoms with E-state index in [-0.39, 0.29) is 0 Å². The van der Waals surface area contributed by atoms with E-state index in [1.165, 1.54) is 71.6 Å². The molecule has 0 saturated heterocycles. The minimum atomic E-state index is 1.15. The van der Waals surface area contributed by atoms with Gasteiger partial charge in [0.15, 0.2) is 0 Å². The fourth-order valence-corrected chi connectivity index (χ4v) is 70.7. The zero-order valence-electron chi connectivity index (χ0n) is 6.65. The van der Waals surface area contributed by atoms with Crippen LogP contribution in [-0.4, -0.2) is 0 Å². The van der Waals surface area contributed by atoms with Gasteiger partial charge >= 0.3 is 0 Å². The summed E-state index contributed by atoms with van der Waals surface area (Å²) in [5.74, 6) is 0. The molecule has 13 heavy (non-hydrogen) atoms. The van der Waals surface area contributed by atoms with E-state index in [9.17, 15) is 0 Å². The van der Waals surface area contributed by atoms with Crippen LogP contribution < -0.4 is 0 Å². The molecule has 0 aliphatic carbocycles. The summed E-state index contributed by atoms with van der Waals surface area (Å²) >= 11 is 0. The van der Waals surface area contributed by atoms with E-state index < -0.39 is 0 Å². The van der Waals surface area contributed by atoms with Gasteiger partial charge in [-0.3, -0.25) is 0 Å². The Morgan fingerprint density at radius 3 is 0.846 bits per heavy atom. The van der Waals surface area contributed by atoms with Crippen molar-refractivity contribution in [2.45, 2.75) is 0 Å². The van der Waals surface area contributed by atoms with E-state index in [1.807, 2.05) is 0 Å². The highest BCUT2D eigenvalue weighted by Gasteiger charge is 1.89. The van der Waals surface area contributed by atoms with Crippen molar-refractivity contribution in [1.29, 1.82) is 0 Å². The van der Waals surface area contributed by atoms with Gasteiger partial charge in [0.05, 0.1) is 0 Å². The Hall–Kier alpha value is 5.59. The third-order valence-corrected chi connectivity index (χ3v) is 52.2. The van der Waals surface area contributed by atoms with Crippen LogP contribution in [0.2, 0.25) is 0 Å². The van der Waals surface area contributed by atoms with Crippen molar-refractivity contribution in [3.8, 4) is 0 Å². The lowest BCUT2D eigenvalue weighted by Crippen LogP contribution is -1.09. The Kier molecular flexibility index (Phi) is 25.2. The zero-order chi connectivity index (χ0) is 9.78. The van der Waals surface area contributed by atoms with Gasteiger partial charge in [0, 0.05) is 0 Å². The fourth-order valence-electron chi connectivity index (χ4n) is 0.291. The first-order valence-corrected chi connectivity index (χ1v) is 27.7. The molecule has 0 bridgehead atoms. The van der Waals surface area contributed by atoms with Crippen LogP contribution in [0.3, 0.4) is 0 Å². The van der Waals surface area contributed by atoms with Crippen molar-refractivity contribution in [2.24, 2.45) is 0 Å². The lowest BCUT2D eigenvalue weighted by atomic mass is 29.0. The van der Waals surface area contributed by atoms with Crippen molar-refractivity contribution < 1.29 is 0 Å². The molecule has 0 aliphatic rings. The summed E-state index contributed by atoms with van der Waals surface area (Å²) < 4.78 is 0. The Balaban J connectivity index is 2.76. The quantitative estimate of drug-likeness (QED) is 0.261. The molecule has 0 fully saturated rings. The van der Waals surface area contributed by atoms with Crippen LogP contribution in [0.25, 0.3) is 0 Å². The second kappa shape index (κ2) is 17.6. The Bertz CT molecular complexity index is 66.1. The summed E-state index contributed by atoms with van der Waals surface area (Å²) in [6, 6.07) is 0. The predicted molar refractivity (Wildman–Crippen MR) is 111 cm³/mol. The van der Waals surface area contributed by atoms with Crippen LogP contribution in [0.5, 0.6) is 0 Å². The maximum atomic E-state index is 2.87. The highest BCUT2D eigenvalue weighted by Crippen LogP contribution is 2.82. The molecule has 0 aliphatic heterocycles. The molecule has 0 radical (unpaired) electrons. The van der Waals surface area contributed by atoms with E-state index in [2.05, 4.69) is 17.9 Å². The smallest absolute Gasteiger partial charge is 0.0677 e. The Labute approximate surface area is 105 Å². The van der Waals surface area contributed by atoms with Crippen molar-refractivity contribution >= 4 is 105 Å². The number of hydrogen-bond donors (Lipinski definition) is 0. The normalized spacial score (nSPS) is 20.8. The topological polar surface area (TPSA) is 0 Å². The minimum absolute atomic E-state index is 1.15. The second-order valence-corrected chi connectivity index (χ2v) is 38.2. The maximum Gasteiger partial charge on any atom is -0.0677 e. The molecule has 80 valence electrons. The van der Waals surface area contributed by atoms with Gasteiger partial charge < -0.3 is 0 Å². The lowest BCUT2D eigenvalue weighted by molar-refractivity contribution is 4.97. The highest BCUT2D eigenvalue weighted by molar-refractivity contribution is 8.88. The van der Waals surface area contributed by atoms with E-state index in [0.717, 1.165) is 15.9 Å². The van der Waals surface area contributed by atoms with Gasteiger partial charge in [-0.2, -0.15) is 0 Å². The van der Waals surface area contributed by atoms with Gasteiger partial charge in [-0.1, -0.05) is 87.5 Å². The van der Waals surface area contributed by atoms with Crippen molar-refractivity contribution in [3.63, 3.8) is 0 Å². The zero-order valence-corrected chi connectivity index (χ0v) is 20.0. The number of rotatable bonds is 10. The van der Waals surface area contributed by atoms with Crippen LogP contribution in [0.1, 0.15) is 0 Å². The fraction of sp³-hybridized carbons (Fsp3) is 0. The van der Waals surface area contributed by atoms with Crippen LogP contribution in [-0.2, 0) is 0 Å². The van der Waals surface area contributed by atoms with Gasteiger partial charge in [0.25, 0.3) is 0 Å². The average Bonchev–Trinajstić information content (AvgIpc) is 2.16. The molecule has 0 aromatic rings. The van der Waals surface area contributed by atoms with Gasteiger partial charge in [-0.05, 0) is 0 Å². The predicted octanol–water partition coefficient (Wildman–Crippen LogP) is 7.18. The van der Waals surface area contributed by atoms with Crippen molar-refractivity contribution in [2.75, 3.05) is 0 Å². The molecule has 0 saturated carbocycles. The van der Waals surface area contributed by atoms with E-state index in [4.69, 9.17) is 0 Å². The summed E-state index contributed by atoms with van der Waals surface area (Å²) in [5, 5.41) is 0. The van der Waals surface area contributed by atoms with Gasteiger partial charge in [-0.25, -0.2) is 0 Å². The molecular weight excluding hydrogens is 403 g/mol. The average molecular weight is 418 g/mol. The summed E-state index contributed by atoms with van der Waals surface area (Å²) in [6.45, 7) is 0. The van der Waals surface area contributed by atoms with Crippen LogP contribution in [0, 0.1) is 0 Å². The molecule has 0 N–H and O–H groups in total. The lowest BCUT2D eigenvalue weighted by Gasteiger charge is -2.02. The van der Waals surface area contributed by atoms with Crippen molar-refractivity contribution in [3.05, 3.63) is 0 Å². The third kappa shape index (κ3) is 17.6. The first kappa shape index (κ1) is 18.6. The molecule has 0 nitrogen and oxygen atoms in total.